The number of rotatable bonds is 3. The van der Waals surface area contributed by atoms with E-state index in [0.717, 1.165) is 0 Å². The zero-order valence-corrected chi connectivity index (χ0v) is 25.4. The largest absolute Gasteiger partial charge is 0.282 e. The number of nitriles is 9. The Morgan fingerprint density at radius 2 is 0.588 bits per heavy atom. The van der Waals surface area contributed by atoms with Crippen LogP contribution in [0.3, 0.4) is 0 Å². The Morgan fingerprint density at radius 1 is 0.333 bits per heavy atom. The molecule has 7 rings (SSSR count). The van der Waals surface area contributed by atoms with Gasteiger partial charge in [0, 0.05) is 17.1 Å². The molecule has 0 N–H and O–H groups in total. The standard InChI is InChI=1S/C36H9N15/c37-10-19-1-4-25(7-22(19)13-40)49-28(16-43)46-31-34(49)32-36(50(29(17-44)47-32)26-5-2-20(11-38)23(8-26)14-41)33-35(31)51(30(18-45)48-33)27-6-3-21(12-39)24(9-27)15-42/h1-9H. The fourth-order valence-corrected chi connectivity index (χ4v) is 5.97. The smallest absolute Gasteiger partial charge is 0.218 e. The summed E-state index contributed by atoms with van der Waals surface area (Å²) < 4.78 is 4.21. The maximum absolute atomic E-state index is 10.4. The highest BCUT2D eigenvalue weighted by molar-refractivity contribution is 6.21. The van der Waals surface area contributed by atoms with E-state index in [-0.39, 0.29) is 101 Å². The van der Waals surface area contributed by atoms with E-state index in [9.17, 15) is 47.4 Å². The maximum atomic E-state index is 10.4. The predicted molar refractivity (Wildman–Crippen MR) is 173 cm³/mol. The lowest BCUT2D eigenvalue weighted by Gasteiger charge is -2.11. The molecule has 0 aliphatic rings. The SMILES string of the molecule is N#Cc1ccc(-n2c(C#N)nc3c2c2nc(C#N)n(-c4ccc(C#N)c(C#N)c4)c2c2nc(C#N)n(-c4ccc(C#N)c(C#N)c4)c32)cc1C#N. The second-order valence-electron chi connectivity index (χ2n) is 10.6. The van der Waals surface area contributed by atoms with E-state index in [2.05, 4.69) is 33.2 Å². The molecule has 0 amide bonds. The van der Waals surface area contributed by atoms with Crippen LogP contribution in [-0.2, 0) is 0 Å². The number of imidazole rings is 3. The number of aromatic nitrogens is 6. The first-order chi connectivity index (χ1) is 24.9. The summed E-state index contributed by atoms with van der Waals surface area (Å²) in [6.45, 7) is 0. The van der Waals surface area contributed by atoms with Gasteiger partial charge in [-0.1, -0.05) is 0 Å². The molecule has 15 nitrogen and oxygen atoms in total. The summed E-state index contributed by atoms with van der Waals surface area (Å²) in [6.07, 6.45) is 0. The molecule has 0 atom stereocenters. The number of benzene rings is 4. The van der Waals surface area contributed by atoms with Crippen LogP contribution in [0.1, 0.15) is 50.9 Å². The van der Waals surface area contributed by atoms with Crippen molar-refractivity contribution in [2.75, 3.05) is 0 Å². The Morgan fingerprint density at radius 3 is 0.804 bits per heavy atom. The van der Waals surface area contributed by atoms with E-state index in [1.54, 1.807) is 0 Å². The fraction of sp³-hybridized carbons (Fsp3) is 0. The quantitative estimate of drug-likeness (QED) is 0.254. The first-order valence-electron chi connectivity index (χ1n) is 14.3. The van der Waals surface area contributed by atoms with Gasteiger partial charge in [-0.15, -0.1) is 0 Å². The Hall–Kier alpha value is -9.30. The molecule has 7 aromatic rings. The van der Waals surface area contributed by atoms with E-state index in [4.69, 9.17) is 0 Å². The van der Waals surface area contributed by atoms with Gasteiger partial charge in [0.2, 0.25) is 17.5 Å². The van der Waals surface area contributed by atoms with Crippen molar-refractivity contribution in [3.05, 3.63) is 105 Å². The lowest BCUT2D eigenvalue weighted by molar-refractivity contribution is 1.05. The summed E-state index contributed by atoms with van der Waals surface area (Å²) in [5.74, 6) is -0.557. The molecule has 0 aliphatic heterocycles. The zero-order valence-electron chi connectivity index (χ0n) is 25.4. The second kappa shape index (κ2) is 11.5. The van der Waals surface area contributed by atoms with E-state index in [1.165, 1.54) is 68.3 Å². The van der Waals surface area contributed by atoms with Crippen molar-refractivity contribution in [3.63, 3.8) is 0 Å². The van der Waals surface area contributed by atoms with Crippen molar-refractivity contribution in [2.45, 2.75) is 0 Å². The lowest BCUT2D eigenvalue weighted by Crippen LogP contribution is -2.02. The normalized spacial score (nSPS) is 10.2. The summed E-state index contributed by atoms with van der Waals surface area (Å²) in [5.41, 5.74) is 1.84. The van der Waals surface area contributed by atoms with Crippen LogP contribution in [0.5, 0.6) is 0 Å². The van der Waals surface area contributed by atoms with Gasteiger partial charge in [0.1, 0.15) is 87.7 Å². The molecular weight excluding hydrogens is 643 g/mol. The summed E-state index contributed by atoms with van der Waals surface area (Å²) in [5, 5.41) is 89.2. The van der Waals surface area contributed by atoms with Crippen LogP contribution < -0.4 is 0 Å². The van der Waals surface area contributed by atoms with Gasteiger partial charge in [-0.25, -0.2) is 15.0 Å². The van der Waals surface area contributed by atoms with E-state index >= 15 is 0 Å². The minimum Gasteiger partial charge on any atom is -0.282 e. The summed E-state index contributed by atoms with van der Waals surface area (Å²) in [6, 6.07) is 30.9. The minimum absolute atomic E-state index is 0.0151. The number of hydrogen-bond acceptors (Lipinski definition) is 12. The molecule has 0 unspecified atom stereocenters. The van der Waals surface area contributed by atoms with E-state index < -0.39 is 0 Å². The highest BCUT2D eigenvalue weighted by Gasteiger charge is 2.30. The molecule has 228 valence electrons. The molecule has 0 saturated heterocycles. The molecule has 15 heteroatoms. The zero-order chi connectivity index (χ0) is 36.0. The van der Waals surface area contributed by atoms with Gasteiger partial charge in [0.05, 0.1) is 33.4 Å². The Labute approximate surface area is 285 Å². The highest BCUT2D eigenvalue weighted by Crippen LogP contribution is 2.40. The Balaban J connectivity index is 1.77. The summed E-state index contributed by atoms with van der Waals surface area (Å²) >= 11 is 0. The monoisotopic (exact) mass is 651 g/mol. The van der Waals surface area contributed by atoms with Gasteiger partial charge in [-0.05, 0) is 54.6 Å². The summed E-state index contributed by atoms with van der Waals surface area (Å²) in [7, 11) is 0. The molecule has 4 aromatic carbocycles. The molecule has 0 fully saturated rings. The van der Waals surface area contributed by atoms with Crippen molar-refractivity contribution < 1.29 is 0 Å². The van der Waals surface area contributed by atoms with Crippen LogP contribution in [0.25, 0.3) is 50.2 Å². The van der Waals surface area contributed by atoms with Crippen molar-refractivity contribution in [1.82, 2.24) is 28.7 Å². The van der Waals surface area contributed by atoms with E-state index in [1.807, 2.05) is 36.4 Å². The molecule has 0 spiro atoms. The van der Waals surface area contributed by atoms with Gasteiger partial charge in [-0.2, -0.15) is 47.4 Å². The lowest BCUT2D eigenvalue weighted by atomic mass is 10.1. The van der Waals surface area contributed by atoms with E-state index in [0.29, 0.717) is 0 Å². The fourth-order valence-electron chi connectivity index (χ4n) is 5.97. The summed E-state index contributed by atoms with van der Waals surface area (Å²) in [4.78, 5) is 13.9. The van der Waals surface area contributed by atoms with Gasteiger partial charge in [0.15, 0.2) is 0 Å². The molecular formula is C36H9N15. The van der Waals surface area contributed by atoms with Gasteiger partial charge < -0.3 is 0 Å². The van der Waals surface area contributed by atoms with Crippen LogP contribution in [0.15, 0.2) is 54.6 Å². The van der Waals surface area contributed by atoms with Crippen LogP contribution >= 0.6 is 0 Å². The second-order valence-corrected chi connectivity index (χ2v) is 10.6. The number of hydrogen-bond donors (Lipinski definition) is 0. The Kier molecular flexibility index (Phi) is 6.84. The molecule has 0 bridgehead atoms. The first-order valence-corrected chi connectivity index (χ1v) is 14.3. The van der Waals surface area contributed by atoms with Crippen LogP contribution in [0.2, 0.25) is 0 Å². The van der Waals surface area contributed by atoms with Crippen molar-refractivity contribution >= 4 is 33.1 Å². The van der Waals surface area contributed by atoms with Gasteiger partial charge in [0.25, 0.3) is 0 Å². The highest BCUT2D eigenvalue weighted by atomic mass is 15.2. The topological polar surface area (TPSA) is 268 Å². The predicted octanol–water partition coefficient (Wildman–Crippen LogP) is 4.55. The Bertz CT molecular complexity index is 2770. The third-order valence-electron chi connectivity index (χ3n) is 8.11. The first kappa shape index (κ1) is 30.4. The molecule has 0 radical (unpaired) electrons. The van der Waals surface area contributed by atoms with Gasteiger partial charge >= 0.3 is 0 Å². The van der Waals surface area contributed by atoms with Crippen LogP contribution in [0.4, 0.5) is 0 Å². The third-order valence-corrected chi connectivity index (χ3v) is 8.11. The van der Waals surface area contributed by atoms with Crippen LogP contribution in [0, 0.1) is 102 Å². The average Bonchev–Trinajstić information content (AvgIpc) is 3.88. The minimum atomic E-state index is -0.186. The average molecular weight is 652 g/mol. The molecule has 0 saturated carbocycles. The van der Waals surface area contributed by atoms with Crippen molar-refractivity contribution in [3.8, 4) is 71.7 Å². The molecule has 0 aliphatic carbocycles. The molecule has 51 heavy (non-hydrogen) atoms. The van der Waals surface area contributed by atoms with Crippen molar-refractivity contribution in [2.24, 2.45) is 0 Å². The number of fused-ring (bicyclic) bond motifs is 6. The van der Waals surface area contributed by atoms with Gasteiger partial charge in [-0.3, -0.25) is 13.7 Å². The third kappa shape index (κ3) is 4.25. The van der Waals surface area contributed by atoms with Crippen LogP contribution in [-0.4, -0.2) is 28.7 Å². The molecule has 3 aromatic heterocycles. The van der Waals surface area contributed by atoms with Crippen molar-refractivity contribution in [1.29, 1.82) is 47.4 Å². The maximum Gasteiger partial charge on any atom is 0.218 e. The number of nitrogens with zero attached hydrogens (tertiary/aromatic N) is 15. The molecule has 3 heterocycles.